The molecule has 2 aliphatic rings. The molecule has 0 aromatic rings. The van der Waals surface area contributed by atoms with Gasteiger partial charge < -0.3 is 20.1 Å². The van der Waals surface area contributed by atoms with E-state index in [9.17, 15) is 19.5 Å². The van der Waals surface area contributed by atoms with Crippen LogP contribution in [0.2, 0.25) is 0 Å². The quantitative estimate of drug-likeness (QED) is 0.798. The van der Waals surface area contributed by atoms with Crippen LogP contribution in [0, 0.1) is 17.3 Å². The molecule has 148 valence electrons. The minimum absolute atomic E-state index is 0.0126. The van der Waals surface area contributed by atoms with E-state index in [1.807, 2.05) is 20.8 Å². The number of ether oxygens (including phenoxy) is 1. The molecule has 2 fully saturated rings. The minimum atomic E-state index is -0.960. The highest BCUT2D eigenvalue weighted by molar-refractivity contribution is 5.90. The van der Waals surface area contributed by atoms with E-state index >= 15 is 0 Å². The highest BCUT2D eigenvalue weighted by atomic mass is 16.6. The summed E-state index contributed by atoms with van der Waals surface area (Å²) in [5.41, 5.74) is -1.25. The van der Waals surface area contributed by atoms with Gasteiger partial charge in [-0.05, 0) is 50.9 Å². The third-order valence-electron chi connectivity index (χ3n) is 5.20. The van der Waals surface area contributed by atoms with Crippen molar-refractivity contribution in [1.29, 1.82) is 0 Å². The maximum absolute atomic E-state index is 13.2. The zero-order valence-electron chi connectivity index (χ0n) is 16.7. The van der Waals surface area contributed by atoms with Crippen molar-refractivity contribution in [3.63, 3.8) is 0 Å². The van der Waals surface area contributed by atoms with Gasteiger partial charge in [0.1, 0.15) is 17.7 Å². The van der Waals surface area contributed by atoms with Crippen molar-refractivity contribution in [1.82, 2.24) is 10.2 Å². The SMILES string of the molecule is CC(C)(C)OC(=O)N[C@H](C(=O)N1CC2CCCC2C1C(=O)O)C(C)(C)C. The third kappa shape index (κ3) is 4.48. The largest absolute Gasteiger partial charge is 0.480 e. The molecule has 0 aromatic carbocycles. The van der Waals surface area contributed by atoms with E-state index in [1.54, 1.807) is 20.8 Å². The first-order valence-corrected chi connectivity index (χ1v) is 9.34. The fourth-order valence-electron chi connectivity index (χ4n) is 4.09. The summed E-state index contributed by atoms with van der Waals surface area (Å²) in [5.74, 6) is -1.05. The predicted molar refractivity (Wildman–Crippen MR) is 96.6 cm³/mol. The van der Waals surface area contributed by atoms with Crippen LogP contribution in [0.25, 0.3) is 0 Å². The molecule has 0 spiro atoms. The zero-order valence-corrected chi connectivity index (χ0v) is 16.7. The van der Waals surface area contributed by atoms with Crippen LogP contribution in [0.5, 0.6) is 0 Å². The Kier molecular flexibility index (Phi) is 5.59. The van der Waals surface area contributed by atoms with Gasteiger partial charge >= 0.3 is 12.1 Å². The number of carbonyl (C=O) groups is 3. The summed E-state index contributed by atoms with van der Waals surface area (Å²) >= 11 is 0. The Morgan fingerprint density at radius 1 is 1.12 bits per heavy atom. The van der Waals surface area contributed by atoms with Crippen LogP contribution in [-0.2, 0) is 14.3 Å². The van der Waals surface area contributed by atoms with Crippen LogP contribution in [0.3, 0.4) is 0 Å². The van der Waals surface area contributed by atoms with Crippen molar-refractivity contribution in [2.45, 2.75) is 78.5 Å². The van der Waals surface area contributed by atoms with Crippen LogP contribution in [0.15, 0.2) is 0 Å². The number of hydrogen-bond donors (Lipinski definition) is 2. The van der Waals surface area contributed by atoms with Crippen molar-refractivity contribution in [2.75, 3.05) is 6.54 Å². The topological polar surface area (TPSA) is 95.9 Å². The first kappa shape index (κ1) is 20.5. The lowest BCUT2D eigenvalue weighted by Crippen LogP contribution is -2.57. The normalized spacial score (nSPS) is 27.0. The zero-order chi connectivity index (χ0) is 19.9. The van der Waals surface area contributed by atoms with Crippen LogP contribution in [0.1, 0.15) is 60.8 Å². The van der Waals surface area contributed by atoms with E-state index < -0.39 is 35.2 Å². The average molecular weight is 368 g/mol. The molecule has 2 N–H and O–H groups in total. The van der Waals surface area contributed by atoms with Gasteiger partial charge in [-0.3, -0.25) is 4.79 Å². The van der Waals surface area contributed by atoms with Gasteiger partial charge in [-0.25, -0.2) is 9.59 Å². The summed E-state index contributed by atoms with van der Waals surface area (Å²) in [6, 6.07) is -1.65. The van der Waals surface area contributed by atoms with Crippen molar-refractivity contribution in [2.24, 2.45) is 17.3 Å². The molecular formula is C19H32N2O5. The molecule has 2 amide bonds. The molecule has 1 heterocycles. The number of aliphatic carboxylic acids is 1. The molecule has 26 heavy (non-hydrogen) atoms. The second-order valence-electron chi connectivity index (χ2n) is 9.57. The Morgan fingerprint density at radius 2 is 1.73 bits per heavy atom. The molecule has 2 rings (SSSR count). The predicted octanol–water partition coefficient (Wildman–Crippen LogP) is 2.64. The summed E-state index contributed by atoms with van der Waals surface area (Å²) in [6.45, 7) is 11.2. The van der Waals surface area contributed by atoms with E-state index in [0.29, 0.717) is 6.54 Å². The Morgan fingerprint density at radius 3 is 2.23 bits per heavy atom. The highest BCUT2D eigenvalue weighted by Gasteiger charge is 2.51. The number of nitrogens with zero attached hydrogens (tertiary/aromatic N) is 1. The lowest BCUT2D eigenvalue weighted by atomic mass is 9.85. The third-order valence-corrected chi connectivity index (χ3v) is 5.20. The molecule has 1 saturated carbocycles. The Hall–Kier alpha value is -1.79. The van der Waals surface area contributed by atoms with E-state index in [1.165, 1.54) is 4.90 Å². The van der Waals surface area contributed by atoms with Crippen molar-refractivity contribution < 1.29 is 24.2 Å². The molecule has 1 aliphatic carbocycles. The molecule has 7 nitrogen and oxygen atoms in total. The van der Waals surface area contributed by atoms with Gasteiger partial charge in [-0.1, -0.05) is 27.2 Å². The molecule has 7 heteroatoms. The van der Waals surface area contributed by atoms with Crippen LogP contribution in [-0.4, -0.2) is 52.2 Å². The van der Waals surface area contributed by atoms with Crippen molar-refractivity contribution in [3.8, 4) is 0 Å². The number of carboxylic acid groups (broad SMARTS) is 1. The Bertz CT molecular complexity index is 575. The van der Waals surface area contributed by atoms with E-state index in [-0.39, 0.29) is 17.7 Å². The van der Waals surface area contributed by atoms with Gasteiger partial charge in [0.15, 0.2) is 0 Å². The molecule has 1 saturated heterocycles. The number of nitrogens with one attached hydrogen (secondary N) is 1. The first-order valence-electron chi connectivity index (χ1n) is 9.34. The van der Waals surface area contributed by atoms with Gasteiger partial charge in [-0.15, -0.1) is 0 Å². The van der Waals surface area contributed by atoms with E-state index in [4.69, 9.17) is 4.74 Å². The Balaban J connectivity index is 2.21. The van der Waals surface area contributed by atoms with Gasteiger partial charge in [0, 0.05) is 6.54 Å². The number of fused-ring (bicyclic) bond motifs is 1. The van der Waals surface area contributed by atoms with Crippen LogP contribution >= 0.6 is 0 Å². The second-order valence-corrected chi connectivity index (χ2v) is 9.57. The lowest BCUT2D eigenvalue weighted by Gasteiger charge is -2.35. The molecule has 0 radical (unpaired) electrons. The summed E-state index contributed by atoms with van der Waals surface area (Å²) in [6.07, 6.45) is 2.14. The molecular weight excluding hydrogens is 336 g/mol. The summed E-state index contributed by atoms with van der Waals surface area (Å²) in [5, 5.41) is 12.4. The number of carbonyl (C=O) groups excluding carboxylic acids is 2. The molecule has 4 atom stereocenters. The maximum atomic E-state index is 13.2. The van der Waals surface area contributed by atoms with Gasteiger partial charge in [0.25, 0.3) is 0 Å². The fraction of sp³-hybridized carbons (Fsp3) is 0.842. The smallest absolute Gasteiger partial charge is 0.408 e. The van der Waals surface area contributed by atoms with Crippen molar-refractivity contribution >= 4 is 18.0 Å². The van der Waals surface area contributed by atoms with E-state index in [0.717, 1.165) is 19.3 Å². The Labute approximate surface area is 155 Å². The highest BCUT2D eigenvalue weighted by Crippen LogP contribution is 2.43. The summed E-state index contributed by atoms with van der Waals surface area (Å²) in [7, 11) is 0. The number of amides is 2. The van der Waals surface area contributed by atoms with Gasteiger partial charge in [0.05, 0.1) is 0 Å². The van der Waals surface area contributed by atoms with Gasteiger partial charge in [-0.2, -0.15) is 0 Å². The maximum Gasteiger partial charge on any atom is 0.408 e. The van der Waals surface area contributed by atoms with E-state index in [2.05, 4.69) is 5.32 Å². The molecule has 3 unspecified atom stereocenters. The summed E-state index contributed by atoms with van der Waals surface area (Å²) in [4.78, 5) is 38.8. The van der Waals surface area contributed by atoms with Crippen LogP contribution in [0.4, 0.5) is 4.79 Å². The van der Waals surface area contributed by atoms with Crippen LogP contribution < -0.4 is 5.32 Å². The first-order chi connectivity index (χ1) is 11.8. The summed E-state index contributed by atoms with van der Waals surface area (Å²) < 4.78 is 5.29. The fourth-order valence-corrected chi connectivity index (χ4v) is 4.09. The number of likely N-dealkylation sites (tertiary alicyclic amines) is 1. The average Bonchev–Trinajstić information content (AvgIpc) is 3.00. The molecule has 0 aromatic heterocycles. The standard InChI is InChI=1S/C19H32N2O5/c1-18(2,3)14(20-17(25)26-19(4,5)6)15(22)21-10-11-8-7-9-12(11)13(21)16(23)24/h11-14H,7-10H2,1-6H3,(H,20,25)(H,23,24)/t11?,12?,13?,14-/m1/s1. The number of hydrogen-bond acceptors (Lipinski definition) is 4. The van der Waals surface area contributed by atoms with Crippen molar-refractivity contribution in [3.05, 3.63) is 0 Å². The monoisotopic (exact) mass is 368 g/mol. The molecule has 1 aliphatic heterocycles. The number of rotatable bonds is 3. The second kappa shape index (κ2) is 7.08. The number of carboxylic acids is 1. The number of alkyl carbamates (subject to hydrolysis) is 1. The lowest BCUT2D eigenvalue weighted by molar-refractivity contribution is -0.151. The molecule has 0 bridgehead atoms. The van der Waals surface area contributed by atoms with Gasteiger partial charge in [0.2, 0.25) is 5.91 Å². The minimum Gasteiger partial charge on any atom is -0.480 e.